The van der Waals surface area contributed by atoms with Crippen LogP contribution in [0.5, 0.6) is 0 Å². The van der Waals surface area contributed by atoms with Gasteiger partial charge in [0.15, 0.2) is 0 Å². The number of amides is 1. The normalized spacial score (nSPS) is 17.1. The molecular formula is C10H18N4O. The molecule has 0 spiro atoms. The minimum absolute atomic E-state index is 0.106. The number of hydrogen-bond acceptors (Lipinski definition) is 2. The van der Waals surface area contributed by atoms with Crippen molar-refractivity contribution < 1.29 is 4.79 Å². The number of carbonyl (C=O) groups excluding carboxylic acids is 1. The number of nitrogens with zero attached hydrogens (tertiary/aromatic N) is 4. The van der Waals surface area contributed by atoms with Gasteiger partial charge in [0.1, 0.15) is 0 Å². The summed E-state index contributed by atoms with van der Waals surface area (Å²) >= 11 is 0. The van der Waals surface area contributed by atoms with E-state index in [2.05, 4.69) is 10.0 Å². The Morgan fingerprint density at radius 2 is 2.00 bits per heavy atom. The Morgan fingerprint density at radius 3 is 2.53 bits per heavy atom. The molecular weight excluding hydrogens is 192 g/mol. The second-order valence-corrected chi connectivity index (χ2v) is 4.63. The highest BCUT2D eigenvalue weighted by Crippen LogP contribution is 2.22. The summed E-state index contributed by atoms with van der Waals surface area (Å²) in [6, 6.07) is 0. The summed E-state index contributed by atoms with van der Waals surface area (Å²) in [7, 11) is 0. The van der Waals surface area contributed by atoms with E-state index in [-0.39, 0.29) is 12.5 Å². The minimum atomic E-state index is -0.566. The molecule has 0 aromatic carbocycles. The average Bonchev–Trinajstić information content (AvgIpc) is 2.26. The van der Waals surface area contributed by atoms with Crippen LogP contribution < -0.4 is 0 Å². The van der Waals surface area contributed by atoms with E-state index >= 15 is 0 Å². The van der Waals surface area contributed by atoms with Gasteiger partial charge in [-0.2, -0.15) is 0 Å². The first-order valence-electron chi connectivity index (χ1n) is 5.38. The molecule has 0 saturated carbocycles. The number of carbonyl (C=O) groups is 1. The topological polar surface area (TPSA) is 69.1 Å². The molecule has 1 rings (SSSR count). The first kappa shape index (κ1) is 11.9. The highest BCUT2D eigenvalue weighted by molar-refractivity contribution is 5.82. The van der Waals surface area contributed by atoms with Crippen molar-refractivity contribution in [3.05, 3.63) is 10.4 Å². The number of likely N-dealkylation sites (tertiary alicyclic amines) is 1. The third-order valence-corrected chi connectivity index (χ3v) is 2.75. The van der Waals surface area contributed by atoms with E-state index in [0.717, 1.165) is 25.9 Å². The molecule has 5 heteroatoms. The van der Waals surface area contributed by atoms with Crippen LogP contribution in [0.3, 0.4) is 0 Å². The molecule has 84 valence electrons. The fraction of sp³-hybridized carbons (Fsp3) is 0.900. The van der Waals surface area contributed by atoms with Gasteiger partial charge in [-0.1, -0.05) is 19.0 Å². The zero-order chi connectivity index (χ0) is 11.3. The quantitative estimate of drug-likeness (QED) is 0.400. The molecule has 0 unspecified atom stereocenters. The molecule has 1 saturated heterocycles. The Labute approximate surface area is 90.1 Å². The number of azide groups is 1. The molecule has 0 aromatic rings. The van der Waals surface area contributed by atoms with E-state index in [4.69, 9.17) is 5.53 Å². The van der Waals surface area contributed by atoms with Crippen LogP contribution in [0.4, 0.5) is 0 Å². The zero-order valence-corrected chi connectivity index (χ0v) is 9.44. The van der Waals surface area contributed by atoms with E-state index in [9.17, 15) is 4.79 Å². The van der Waals surface area contributed by atoms with Crippen molar-refractivity contribution in [2.75, 3.05) is 19.6 Å². The van der Waals surface area contributed by atoms with Crippen LogP contribution in [0.2, 0.25) is 0 Å². The highest BCUT2D eigenvalue weighted by atomic mass is 16.2. The molecule has 0 atom stereocenters. The summed E-state index contributed by atoms with van der Waals surface area (Å²) in [6.07, 6.45) is 3.38. The Kier molecular flexibility index (Phi) is 3.97. The predicted octanol–water partition coefficient (Wildman–Crippen LogP) is 2.34. The molecule has 0 N–H and O–H groups in total. The molecule has 5 nitrogen and oxygen atoms in total. The van der Waals surface area contributed by atoms with Gasteiger partial charge in [-0.3, -0.25) is 4.79 Å². The molecule has 0 radical (unpaired) electrons. The number of rotatable bonds is 3. The SMILES string of the molecule is CC(C)(CN=[N+]=[N-])C(=O)N1CCCCC1. The summed E-state index contributed by atoms with van der Waals surface area (Å²) in [5.41, 5.74) is 7.69. The molecule has 1 amide bonds. The second kappa shape index (κ2) is 5.03. The summed E-state index contributed by atoms with van der Waals surface area (Å²) < 4.78 is 0. The smallest absolute Gasteiger partial charge is 0.228 e. The summed E-state index contributed by atoms with van der Waals surface area (Å²) in [6.45, 7) is 5.59. The van der Waals surface area contributed by atoms with Gasteiger partial charge < -0.3 is 4.90 Å². The van der Waals surface area contributed by atoms with Gasteiger partial charge in [-0.05, 0) is 24.8 Å². The Hall–Kier alpha value is -1.22. The van der Waals surface area contributed by atoms with Gasteiger partial charge in [0.05, 0.1) is 0 Å². The lowest BCUT2D eigenvalue weighted by atomic mass is 9.91. The van der Waals surface area contributed by atoms with Crippen molar-refractivity contribution in [2.24, 2.45) is 10.5 Å². The van der Waals surface area contributed by atoms with Gasteiger partial charge in [0.25, 0.3) is 0 Å². The molecule has 0 aromatic heterocycles. The average molecular weight is 210 g/mol. The van der Waals surface area contributed by atoms with E-state index in [0.29, 0.717) is 0 Å². The minimum Gasteiger partial charge on any atom is -0.342 e. The molecule has 1 fully saturated rings. The number of piperidine rings is 1. The second-order valence-electron chi connectivity index (χ2n) is 4.63. The fourth-order valence-electron chi connectivity index (χ4n) is 1.80. The van der Waals surface area contributed by atoms with Crippen molar-refractivity contribution in [1.29, 1.82) is 0 Å². The van der Waals surface area contributed by atoms with Gasteiger partial charge in [-0.25, -0.2) is 0 Å². The molecule has 1 heterocycles. The van der Waals surface area contributed by atoms with Crippen LogP contribution in [0.15, 0.2) is 5.11 Å². The van der Waals surface area contributed by atoms with Crippen molar-refractivity contribution >= 4 is 5.91 Å². The van der Waals surface area contributed by atoms with Gasteiger partial charge in [-0.15, -0.1) is 0 Å². The molecule has 0 aliphatic carbocycles. The first-order valence-corrected chi connectivity index (χ1v) is 5.38. The van der Waals surface area contributed by atoms with Crippen molar-refractivity contribution in [3.8, 4) is 0 Å². The van der Waals surface area contributed by atoms with Crippen LogP contribution >= 0.6 is 0 Å². The lowest BCUT2D eigenvalue weighted by molar-refractivity contribution is -0.140. The summed E-state index contributed by atoms with van der Waals surface area (Å²) in [5.74, 6) is 0.106. The van der Waals surface area contributed by atoms with Crippen molar-refractivity contribution in [1.82, 2.24) is 4.90 Å². The van der Waals surface area contributed by atoms with Gasteiger partial charge >= 0.3 is 0 Å². The van der Waals surface area contributed by atoms with Gasteiger partial charge in [0.2, 0.25) is 5.91 Å². The maximum absolute atomic E-state index is 12.1. The van der Waals surface area contributed by atoms with Crippen molar-refractivity contribution in [3.63, 3.8) is 0 Å². The van der Waals surface area contributed by atoms with Crippen LogP contribution in [0.1, 0.15) is 33.1 Å². The molecule has 15 heavy (non-hydrogen) atoms. The highest BCUT2D eigenvalue weighted by Gasteiger charge is 2.31. The molecule has 1 aliphatic rings. The number of hydrogen-bond donors (Lipinski definition) is 0. The summed E-state index contributed by atoms with van der Waals surface area (Å²) in [5, 5.41) is 3.49. The molecule has 0 bridgehead atoms. The van der Waals surface area contributed by atoms with E-state index < -0.39 is 5.41 Å². The van der Waals surface area contributed by atoms with E-state index in [1.807, 2.05) is 18.7 Å². The maximum atomic E-state index is 12.1. The first-order chi connectivity index (χ1) is 7.08. The predicted molar refractivity (Wildman–Crippen MR) is 58.2 cm³/mol. The lowest BCUT2D eigenvalue weighted by Crippen LogP contribution is -2.44. The van der Waals surface area contributed by atoms with Crippen LogP contribution in [0, 0.1) is 5.41 Å². The van der Waals surface area contributed by atoms with Crippen molar-refractivity contribution in [2.45, 2.75) is 33.1 Å². The monoisotopic (exact) mass is 210 g/mol. The molecule has 1 aliphatic heterocycles. The largest absolute Gasteiger partial charge is 0.342 e. The van der Waals surface area contributed by atoms with E-state index in [1.165, 1.54) is 6.42 Å². The third kappa shape index (κ3) is 3.13. The fourth-order valence-corrected chi connectivity index (χ4v) is 1.80. The lowest BCUT2D eigenvalue weighted by Gasteiger charge is -2.33. The standard InChI is InChI=1S/C10H18N4O/c1-10(2,8-12-13-11)9(15)14-6-4-3-5-7-14/h3-8H2,1-2H3. The summed E-state index contributed by atoms with van der Waals surface area (Å²) in [4.78, 5) is 16.7. The van der Waals surface area contributed by atoms with Gasteiger partial charge in [0, 0.05) is 30.0 Å². The Bertz CT molecular complexity index is 275. The van der Waals surface area contributed by atoms with Crippen LogP contribution in [-0.2, 0) is 4.79 Å². The van der Waals surface area contributed by atoms with Crippen LogP contribution in [0.25, 0.3) is 10.4 Å². The maximum Gasteiger partial charge on any atom is 0.228 e. The Morgan fingerprint density at radius 1 is 1.40 bits per heavy atom. The van der Waals surface area contributed by atoms with Crippen LogP contribution in [-0.4, -0.2) is 30.4 Å². The third-order valence-electron chi connectivity index (χ3n) is 2.75. The Balaban J connectivity index is 2.60. The zero-order valence-electron chi connectivity index (χ0n) is 9.44. The van der Waals surface area contributed by atoms with E-state index in [1.54, 1.807) is 0 Å².